The maximum Gasteiger partial charge on any atom is 0.0833 e. The molecule has 3 atom stereocenters. The van der Waals surface area contributed by atoms with Crippen LogP contribution in [0.4, 0.5) is 0 Å². The molecule has 3 heteroatoms. The summed E-state index contributed by atoms with van der Waals surface area (Å²) in [7, 11) is 0. The van der Waals surface area contributed by atoms with Gasteiger partial charge in [0.2, 0.25) is 0 Å². The van der Waals surface area contributed by atoms with Crippen LogP contribution in [0.2, 0.25) is 0 Å². The third kappa shape index (κ3) is 6.35. The molecule has 86 valence electrons. The Hall–Kier alpha value is -0.120. The molecular formula is C11H24O3. The van der Waals surface area contributed by atoms with Gasteiger partial charge in [-0.05, 0) is 27.2 Å². The zero-order chi connectivity index (χ0) is 11.0. The van der Waals surface area contributed by atoms with Crippen molar-refractivity contribution < 1.29 is 14.6 Å². The molecule has 0 radical (unpaired) electrons. The number of rotatable bonds is 8. The Bertz CT molecular complexity index is 120. The van der Waals surface area contributed by atoms with E-state index in [0.29, 0.717) is 13.2 Å². The monoisotopic (exact) mass is 204 g/mol. The number of hydrogen-bond donors (Lipinski definition) is 1. The van der Waals surface area contributed by atoms with Gasteiger partial charge in [-0.25, -0.2) is 0 Å². The first kappa shape index (κ1) is 13.9. The number of ether oxygens (including phenoxy) is 2. The van der Waals surface area contributed by atoms with E-state index in [2.05, 4.69) is 6.92 Å². The van der Waals surface area contributed by atoms with E-state index in [0.717, 1.165) is 12.8 Å². The molecule has 0 rings (SSSR count). The second-order valence-corrected chi connectivity index (χ2v) is 3.67. The van der Waals surface area contributed by atoms with Crippen molar-refractivity contribution in [2.24, 2.45) is 0 Å². The minimum atomic E-state index is -0.402. The quantitative estimate of drug-likeness (QED) is 0.657. The van der Waals surface area contributed by atoms with Crippen molar-refractivity contribution in [1.29, 1.82) is 0 Å². The topological polar surface area (TPSA) is 38.7 Å². The lowest BCUT2D eigenvalue weighted by molar-refractivity contribution is -0.0820. The largest absolute Gasteiger partial charge is 0.391 e. The molecule has 3 nitrogen and oxygen atoms in total. The average molecular weight is 204 g/mol. The first-order chi connectivity index (χ1) is 6.61. The fourth-order valence-electron chi connectivity index (χ4n) is 1.35. The molecular weight excluding hydrogens is 180 g/mol. The van der Waals surface area contributed by atoms with Crippen LogP contribution in [0.5, 0.6) is 0 Å². The van der Waals surface area contributed by atoms with Crippen molar-refractivity contribution in [3.05, 3.63) is 0 Å². The SMILES string of the molecule is CCCC(OCC)C(C)OCC(C)O. The van der Waals surface area contributed by atoms with Gasteiger partial charge in [0.25, 0.3) is 0 Å². The molecule has 0 aliphatic rings. The van der Waals surface area contributed by atoms with Crippen LogP contribution in [0.1, 0.15) is 40.5 Å². The fraction of sp³-hybridized carbons (Fsp3) is 1.00. The van der Waals surface area contributed by atoms with Gasteiger partial charge in [0.1, 0.15) is 0 Å². The lowest BCUT2D eigenvalue weighted by atomic mass is 10.1. The second-order valence-electron chi connectivity index (χ2n) is 3.67. The smallest absolute Gasteiger partial charge is 0.0833 e. The van der Waals surface area contributed by atoms with Gasteiger partial charge in [0.05, 0.1) is 24.9 Å². The second kappa shape index (κ2) is 8.21. The van der Waals surface area contributed by atoms with E-state index in [1.165, 1.54) is 0 Å². The van der Waals surface area contributed by atoms with E-state index in [9.17, 15) is 0 Å². The van der Waals surface area contributed by atoms with Crippen LogP contribution in [0.25, 0.3) is 0 Å². The molecule has 1 N–H and O–H groups in total. The Morgan fingerprint density at radius 1 is 1.14 bits per heavy atom. The Kier molecular flexibility index (Phi) is 8.14. The van der Waals surface area contributed by atoms with E-state index in [1.54, 1.807) is 6.92 Å². The average Bonchev–Trinajstić information content (AvgIpc) is 2.14. The van der Waals surface area contributed by atoms with Crippen molar-refractivity contribution in [1.82, 2.24) is 0 Å². The summed E-state index contributed by atoms with van der Waals surface area (Å²) in [5.41, 5.74) is 0. The van der Waals surface area contributed by atoms with Crippen molar-refractivity contribution >= 4 is 0 Å². The van der Waals surface area contributed by atoms with Crippen molar-refractivity contribution in [3.8, 4) is 0 Å². The summed E-state index contributed by atoms with van der Waals surface area (Å²) in [5.74, 6) is 0. The van der Waals surface area contributed by atoms with Gasteiger partial charge in [-0.1, -0.05) is 13.3 Å². The molecule has 14 heavy (non-hydrogen) atoms. The maximum absolute atomic E-state index is 9.08. The molecule has 0 bridgehead atoms. The summed E-state index contributed by atoms with van der Waals surface area (Å²) < 4.78 is 11.1. The van der Waals surface area contributed by atoms with Gasteiger partial charge in [-0.2, -0.15) is 0 Å². The van der Waals surface area contributed by atoms with Gasteiger partial charge in [-0.3, -0.25) is 0 Å². The standard InChI is InChI=1S/C11H24O3/c1-5-7-11(13-6-2)10(4)14-8-9(3)12/h9-12H,5-8H2,1-4H3. The summed E-state index contributed by atoms with van der Waals surface area (Å²) in [6.45, 7) is 8.94. The van der Waals surface area contributed by atoms with Crippen molar-refractivity contribution in [3.63, 3.8) is 0 Å². The van der Waals surface area contributed by atoms with Crippen LogP contribution >= 0.6 is 0 Å². The fourth-order valence-corrected chi connectivity index (χ4v) is 1.35. The van der Waals surface area contributed by atoms with E-state index < -0.39 is 6.10 Å². The van der Waals surface area contributed by atoms with Crippen LogP contribution in [0, 0.1) is 0 Å². The highest BCUT2D eigenvalue weighted by atomic mass is 16.5. The Balaban J connectivity index is 3.81. The molecule has 0 saturated heterocycles. The molecule has 0 heterocycles. The normalized spacial score (nSPS) is 17.8. The minimum absolute atomic E-state index is 0.0597. The summed E-state index contributed by atoms with van der Waals surface area (Å²) >= 11 is 0. The first-order valence-corrected chi connectivity index (χ1v) is 5.53. The molecule has 3 unspecified atom stereocenters. The van der Waals surface area contributed by atoms with Crippen LogP contribution in [0.3, 0.4) is 0 Å². The Morgan fingerprint density at radius 2 is 1.79 bits per heavy atom. The van der Waals surface area contributed by atoms with Gasteiger partial charge >= 0.3 is 0 Å². The Labute approximate surface area is 87.4 Å². The molecule has 0 saturated carbocycles. The van der Waals surface area contributed by atoms with E-state index >= 15 is 0 Å². The Morgan fingerprint density at radius 3 is 2.21 bits per heavy atom. The molecule has 0 spiro atoms. The number of aliphatic hydroxyl groups excluding tert-OH is 1. The van der Waals surface area contributed by atoms with Crippen molar-refractivity contribution in [2.45, 2.75) is 58.8 Å². The van der Waals surface area contributed by atoms with Crippen LogP contribution in [0.15, 0.2) is 0 Å². The van der Waals surface area contributed by atoms with Gasteiger partial charge in [0.15, 0.2) is 0 Å². The predicted molar refractivity (Wildman–Crippen MR) is 57.4 cm³/mol. The van der Waals surface area contributed by atoms with E-state index in [1.807, 2.05) is 13.8 Å². The van der Waals surface area contributed by atoms with E-state index in [4.69, 9.17) is 14.6 Å². The highest BCUT2D eigenvalue weighted by Gasteiger charge is 2.17. The summed E-state index contributed by atoms with van der Waals surface area (Å²) in [5, 5.41) is 9.08. The van der Waals surface area contributed by atoms with Crippen LogP contribution in [-0.4, -0.2) is 36.6 Å². The zero-order valence-corrected chi connectivity index (χ0v) is 9.82. The highest BCUT2D eigenvalue weighted by Crippen LogP contribution is 2.10. The molecule has 0 aromatic heterocycles. The molecule has 0 amide bonds. The number of hydrogen-bond acceptors (Lipinski definition) is 3. The molecule has 0 aromatic rings. The minimum Gasteiger partial charge on any atom is -0.391 e. The van der Waals surface area contributed by atoms with Gasteiger partial charge < -0.3 is 14.6 Å². The van der Waals surface area contributed by atoms with Gasteiger partial charge in [0, 0.05) is 6.61 Å². The first-order valence-electron chi connectivity index (χ1n) is 5.53. The zero-order valence-electron chi connectivity index (χ0n) is 9.82. The van der Waals surface area contributed by atoms with Crippen LogP contribution in [-0.2, 0) is 9.47 Å². The summed E-state index contributed by atoms with van der Waals surface area (Å²) in [6.07, 6.45) is 1.91. The van der Waals surface area contributed by atoms with Gasteiger partial charge in [-0.15, -0.1) is 0 Å². The third-order valence-corrected chi connectivity index (χ3v) is 2.08. The highest BCUT2D eigenvalue weighted by molar-refractivity contribution is 4.66. The van der Waals surface area contributed by atoms with Crippen LogP contribution < -0.4 is 0 Å². The van der Waals surface area contributed by atoms with Crippen molar-refractivity contribution in [2.75, 3.05) is 13.2 Å². The molecule has 0 aliphatic heterocycles. The molecule has 0 aliphatic carbocycles. The lowest BCUT2D eigenvalue weighted by Gasteiger charge is -2.24. The molecule has 0 aromatic carbocycles. The number of aliphatic hydroxyl groups is 1. The molecule has 0 fully saturated rings. The predicted octanol–water partition coefficient (Wildman–Crippen LogP) is 1.98. The van der Waals surface area contributed by atoms with E-state index in [-0.39, 0.29) is 12.2 Å². The maximum atomic E-state index is 9.08. The summed E-state index contributed by atoms with van der Waals surface area (Å²) in [6, 6.07) is 0. The lowest BCUT2D eigenvalue weighted by Crippen LogP contribution is -2.31. The summed E-state index contributed by atoms with van der Waals surface area (Å²) in [4.78, 5) is 0. The third-order valence-electron chi connectivity index (χ3n) is 2.08.